The van der Waals surface area contributed by atoms with Crippen LogP contribution in [0.1, 0.15) is 149 Å². The quantitative estimate of drug-likeness (QED) is 0.0187. The molecule has 0 aliphatic rings. The SMILES string of the molecule is COC(=O)[C@@H](C)CCCCCC(=O)CCCN=[N+]=[N-].C[C@@H](CCCCCC(=O)CCCN=[N+]=[N-])C(=O)O.[N-]=[N+]=NCCCC(=O)CCCCC[C@H](N)C(=O)O. The van der Waals surface area contributed by atoms with Crippen LogP contribution >= 0.6 is 0 Å². The highest BCUT2D eigenvalue weighted by Crippen LogP contribution is 2.13. The number of rotatable bonds is 33. The molecule has 19 nitrogen and oxygen atoms in total. The Morgan fingerprint density at radius 2 is 0.855 bits per heavy atom. The number of carbonyl (C=O) groups excluding carboxylic acids is 4. The number of ketones is 3. The number of ether oxygens (including phenoxy) is 1. The Bertz CT molecular complexity index is 1190. The smallest absolute Gasteiger partial charge is 0.320 e. The molecular weight excluding hydrogens is 716 g/mol. The summed E-state index contributed by atoms with van der Waals surface area (Å²) in [5.41, 5.74) is 29.5. The second-order valence-corrected chi connectivity index (χ2v) is 13.2. The van der Waals surface area contributed by atoms with Gasteiger partial charge in [0.2, 0.25) is 0 Å². The number of methoxy groups -OCH3 is 1. The Labute approximate surface area is 324 Å². The van der Waals surface area contributed by atoms with Crippen LogP contribution in [0.4, 0.5) is 0 Å². The van der Waals surface area contributed by atoms with E-state index in [2.05, 4.69) is 34.8 Å². The molecule has 0 bridgehead atoms. The second-order valence-electron chi connectivity index (χ2n) is 13.2. The lowest BCUT2D eigenvalue weighted by Crippen LogP contribution is -2.29. The first-order valence-corrected chi connectivity index (χ1v) is 19.1. The van der Waals surface area contributed by atoms with Crippen LogP contribution in [0.25, 0.3) is 31.3 Å². The van der Waals surface area contributed by atoms with Crippen LogP contribution in [0.3, 0.4) is 0 Å². The summed E-state index contributed by atoms with van der Waals surface area (Å²) in [6.07, 6.45) is 14.3. The molecule has 0 aromatic rings. The van der Waals surface area contributed by atoms with E-state index >= 15 is 0 Å². The highest BCUT2D eigenvalue weighted by atomic mass is 16.5. The molecule has 0 aliphatic carbocycles. The maximum Gasteiger partial charge on any atom is 0.320 e. The molecule has 3 atom stereocenters. The van der Waals surface area contributed by atoms with E-state index in [0.717, 1.165) is 64.2 Å². The Balaban J connectivity index is -0.000000738. The Morgan fingerprint density at radius 1 is 0.527 bits per heavy atom. The van der Waals surface area contributed by atoms with Crippen molar-refractivity contribution in [2.75, 3.05) is 26.7 Å². The van der Waals surface area contributed by atoms with Crippen LogP contribution < -0.4 is 5.73 Å². The largest absolute Gasteiger partial charge is 0.481 e. The number of Topliss-reactive ketones (excluding diaryl/α,β-unsaturated/α-hetero) is 3. The maximum absolute atomic E-state index is 11.4. The summed E-state index contributed by atoms with van der Waals surface area (Å²) in [5, 5.41) is 27.3. The highest BCUT2D eigenvalue weighted by Gasteiger charge is 2.13. The van der Waals surface area contributed by atoms with Gasteiger partial charge in [0.05, 0.1) is 18.9 Å². The normalized spacial score (nSPS) is 11.6. The number of nitrogens with two attached hydrogens (primary N) is 1. The summed E-state index contributed by atoms with van der Waals surface area (Å²) in [7, 11) is 1.40. The van der Waals surface area contributed by atoms with Crippen LogP contribution in [-0.2, 0) is 33.5 Å². The number of carboxylic acid groups (broad SMARTS) is 2. The minimum Gasteiger partial charge on any atom is -0.481 e. The summed E-state index contributed by atoms with van der Waals surface area (Å²) in [4.78, 5) is 74.2. The maximum atomic E-state index is 11.4. The van der Waals surface area contributed by atoms with Crippen LogP contribution in [-0.4, -0.2) is 78.3 Å². The van der Waals surface area contributed by atoms with Crippen molar-refractivity contribution < 1.29 is 43.7 Å². The van der Waals surface area contributed by atoms with Gasteiger partial charge in [0.15, 0.2) is 0 Å². The number of carboxylic acids is 2. The monoisotopic (exact) mass is 780 g/mol. The molecule has 0 amide bonds. The number of hydrogen-bond donors (Lipinski definition) is 3. The number of aliphatic carboxylic acids is 2. The molecule has 4 N–H and O–H groups in total. The Morgan fingerprint density at radius 3 is 1.16 bits per heavy atom. The van der Waals surface area contributed by atoms with Crippen molar-refractivity contribution in [2.24, 2.45) is 32.9 Å². The van der Waals surface area contributed by atoms with Crippen LogP contribution in [0, 0.1) is 11.8 Å². The third-order valence-electron chi connectivity index (χ3n) is 8.33. The van der Waals surface area contributed by atoms with Crippen LogP contribution in [0.2, 0.25) is 0 Å². The summed E-state index contributed by atoms with van der Waals surface area (Å²) in [6.45, 7) is 4.67. The number of unbranched alkanes of at least 4 members (excludes halogenated alkanes) is 6. The molecule has 0 aromatic heterocycles. The summed E-state index contributed by atoms with van der Waals surface area (Å²) in [5.74, 6) is -1.72. The summed E-state index contributed by atoms with van der Waals surface area (Å²) < 4.78 is 4.64. The fraction of sp³-hybridized carbons (Fsp3) is 0.833. The van der Waals surface area contributed by atoms with Gasteiger partial charge in [0.25, 0.3) is 0 Å². The van der Waals surface area contributed by atoms with Gasteiger partial charge in [-0.15, -0.1) is 0 Å². The predicted octanol–water partition coefficient (Wildman–Crippen LogP) is 8.73. The van der Waals surface area contributed by atoms with Crippen LogP contribution in [0.5, 0.6) is 0 Å². The highest BCUT2D eigenvalue weighted by molar-refractivity contribution is 5.79. The van der Waals surface area contributed by atoms with Crippen molar-refractivity contribution >= 4 is 35.3 Å². The second kappa shape index (κ2) is 40.5. The van der Waals surface area contributed by atoms with Crippen molar-refractivity contribution in [3.05, 3.63) is 31.3 Å². The average Bonchev–Trinajstić information content (AvgIpc) is 3.16. The van der Waals surface area contributed by atoms with E-state index in [-0.39, 0.29) is 35.2 Å². The fourth-order valence-corrected chi connectivity index (χ4v) is 4.88. The molecule has 0 unspecified atom stereocenters. The molecule has 0 saturated heterocycles. The van der Waals surface area contributed by atoms with Gasteiger partial charge >= 0.3 is 17.9 Å². The van der Waals surface area contributed by atoms with Gasteiger partial charge in [-0.05, 0) is 74.4 Å². The molecule has 0 heterocycles. The zero-order valence-electron chi connectivity index (χ0n) is 33.1. The van der Waals surface area contributed by atoms with Gasteiger partial charge in [0, 0.05) is 72.9 Å². The minimum atomic E-state index is -0.982. The van der Waals surface area contributed by atoms with E-state index < -0.39 is 18.0 Å². The number of esters is 1. The molecule has 19 heteroatoms. The van der Waals surface area contributed by atoms with Gasteiger partial charge in [-0.3, -0.25) is 28.8 Å². The lowest BCUT2D eigenvalue weighted by molar-refractivity contribution is -0.145. The van der Waals surface area contributed by atoms with Gasteiger partial charge < -0.3 is 20.7 Å². The molecule has 0 fully saturated rings. The number of nitrogens with zero attached hydrogens (tertiary/aromatic N) is 9. The molecule has 55 heavy (non-hydrogen) atoms. The van der Waals surface area contributed by atoms with Crippen molar-refractivity contribution in [1.29, 1.82) is 0 Å². The van der Waals surface area contributed by atoms with E-state index in [1.54, 1.807) is 6.92 Å². The molecule has 0 aromatic carbocycles. The zero-order valence-corrected chi connectivity index (χ0v) is 33.1. The Kier molecular flexibility index (Phi) is 40.2. The van der Waals surface area contributed by atoms with Crippen molar-refractivity contribution in [2.45, 2.75) is 155 Å². The van der Waals surface area contributed by atoms with Gasteiger partial charge in [-0.2, -0.15) is 0 Å². The van der Waals surface area contributed by atoms with Gasteiger partial charge in [-0.1, -0.05) is 67.7 Å². The summed E-state index contributed by atoms with van der Waals surface area (Å²) in [6, 6.07) is -0.801. The third-order valence-corrected chi connectivity index (χ3v) is 8.33. The topological polar surface area (TPSA) is 324 Å². The average molecular weight is 781 g/mol. The number of azide groups is 3. The van der Waals surface area contributed by atoms with E-state index in [9.17, 15) is 28.8 Å². The molecule has 0 aliphatic heterocycles. The molecule has 0 saturated carbocycles. The lowest BCUT2D eigenvalue weighted by atomic mass is 10.0. The van der Waals surface area contributed by atoms with Crippen molar-refractivity contribution in [3.8, 4) is 0 Å². The Hall–Kier alpha value is -4.69. The van der Waals surface area contributed by atoms with Gasteiger partial charge in [-0.25, -0.2) is 0 Å². The minimum absolute atomic E-state index is 0.0652. The predicted molar refractivity (Wildman–Crippen MR) is 208 cm³/mol. The van der Waals surface area contributed by atoms with E-state index in [4.69, 9.17) is 32.5 Å². The first-order chi connectivity index (χ1) is 26.3. The van der Waals surface area contributed by atoms with E-state index in [1.165, 1.54) is 7.11 Å². The summed E-state index contributed by atoms with van der Waals surface area (Å²) >= 11 is 0. The number of hydrogen-bond acceptors (Lipinski definition) is 11. The first-order valence-electron chi connectivity index (χ1n) is 19.1. The molecule has 0 rings (SSSR count). The van der Waals surface area contributed by atoms with E-state index in [1.807, 2.05) is 6.92 Å². The number of carbonyl (C=O) groups is 6. The lowest BCUT2D eigenvalue weighted by Gasteiger charge is -2.08. The van der Waals surface area contributed by atoms with Crippen molar-refractivity contribution in [1.82, 2.24) is 0 Å². The first kappa shape index (κ1) is 54.7. The third kappa shape index (κ3) is 41.9. The molecule has 0 radical (unpaired) electrons. The van der Waals surface area contributed by atoms with Crippen LogP contribution in [0.15, 0.2) is 15.3 Å². The standard InChI is InChI=1S/C13H23N3O3.C12H21N3O3.C11H20N4O3/c1-11(13(18)19-2)7-4-3-5-8-12(17)9-6-10-15-16-14;1-10(12(17)18)6-3-2-4-7-11(16)8-5-9-14-15-13;12-10(11(17)18)7-3-1-2-5-9(16)6-4-8-14-15-13/h11H,3-10H2,1-2H3;10H,2-9H2,1H3,(H,17,18);10H,1-8,12H2,(H,17,18)/t11-;2*10-/m000/s1. The van der Waals surface area contributed by atoms with E-state index in [0.29, 0.717) is 90.3 Å². The molecular formula is C36H64N10O9. The van der Waals surface area contributed by atoms with Crippen molar-refractivity contribution in [3.63, 3.8) is 0 Å². The zero-order chi connectivity index (χ0) is 42.1. The van der Waals surface area contributed by atoms with Gasteiger partial charge in [0.1, 0.15) is 23.4 Å². The fourth-order valence-electron chi connectivity index (χ4n) is 4.88. The molecule has 312 valence electrons. The molecule has 0 spiro atoms.